The highest BCUT2D eigenvalue weighted by Gasteiger charge is 2.34. The van der Waals surface area contributed by atoms with Gasteiger partial charge in [0.25, 0.3) is 5.91 Å². The van der Waals surface area contributed by atoms with Gasteiger partial charge in [-0.1, -0.05) is 0 Å². The van der Waals surface area contributed by atoms with Crippen LogP contribution in [0.25, 0.3) is 0 Å². The summed E-state index contributed by atoms with van der Waals surface area (Å²) < 4.78 is 0. The summed E-state index contributed by atoms with van der Waals surface area (Å²) in [7, 11) is 0. The Bertz CT molecular complexity index is 527. The first-order valence-corrected chi connectivity index (χ1v) is 5.83. The molecule has 1 atom stereocenters. The van der Waals surface area contributed by atoms with Crippen molar-refractivity contribution in [1.82, 2.24) is 5.32 Å². The molecule has 1 rings (SSSR count). The first kappa shape index (κ1) is 14.7. The van der Waals surface area contributed by atoms with Crippen molar-refractivity contribution in [2.75, 3.05) is 0 Å². The number of carboxylic acid groups (broad SMARTS) is 1. The van der Waals surface area contributed by atoms with Crippen LogP contribution in [0.5, 0.6) is 0 Å². The lowest BCUT2D eigenvalue weighted by Gasteiger charge is -2.27. The number of nitrogens with zero attached hydrogens (tertiary/aromatic N) is 1. The van der Waals surface area contributed by atoms with E-state index in [1.807, 2.05) is 6.07 Å². The fraction of sp³-hybridized carbons (Fsp3) is 0.357. The van der Waals surface area contributed by atoms with Crippen molar-refractivity contribution in [2.45, 2.75) is 26.8 Å². The second-order valence-corrected chi connectivity index (χ2v) is 4.91. The molecular formula is C14H16N2O3. The molecule has 1 unspecified atom stereocenters. The predicted molar refractivity (Wildman–Crippen MR) is 69.5 cm³/mol. The van der Waals surface area contributed by atoms with Gasteiger partial charge in [0.1, 0.15) is 0 Å². The highest BCUT2D eigenvalue weighted by atomic mass is 16.4. The molecule has 0 fully saturated rings. The number of aliphatic carboxylic acids is 1. The van der Waals surface area contributed by atoms with Crippen molar-refractivity contribution < 1.29 is 14.7 Å². The van der Waals surface area contributed by atoms with Gasteiger partial charge in [-0.3, -0.25) is 9.59 Å². The number of carbonyl (C=O) groups is 2. The van der Waals surface area contributed by atoms with Gasteiger partial charge in [-0.05, 0) is 45.0 Å². The number of nitrogens with one attached hydrogen (secondary N) is 1. The molecule has 0 bridgehead atoms. The Morgan fingerprint density at radius 1 is 1.32 bits per heavy atom. The predicted octanol–water partition coefficient (Wildman–Crippen LogP) is 1.79. The summed E-state index contributed by atoms with van der Waals surface area (Å²) in [5, 5.41) is 20.4. The molecule has 1 aromatic carbocycles. The van der Waals surface area contributed by atoms with Crippen LogP contribution in [0, 0.1) is 16.7 Å². The van der Waals surface area contributed by atoms with Gasteiger partial charge in [0.15, 0.2) is 0 Å². The molecule has 0 aromatic heterocycles. The van der Waals surface area contributed by atoms with E-state index in [-0.39, 0.29) is 5.91 Å². The maximum absolute atomic E-state index is 11.9. The van der Waals surface area contributed by atoms with Gasteiger partial charge in [-0.15, -0.1) is 0 Å². The molecule has 0 heterocycles. The molecule has 0 spiro atoms. The largest absolute Gasteiger partial charge is 0.481 e. The van der Waals surface area contributed by atoms with Crippen molar-refractivity contribution in [1.29, 1.82) is 5.26 Å². The molecule has 1 aromatic rings. The molecule has 0 radical (unpaired) electrons. The highest BCUT2D eigenvalue weighted by Crippen LogP contribution is 2.20. The average molecular weight is 260 g/mol. The minimum Gasteiger partial charge on any atom is -0.481 e. The number of carboxylic acids is 1. The second kappa shape index (κ2) is 5.53. The standard InChI is InChI=1S/C14H16N2O3/c1-9(14(2,3)13(18)19)16-12(17)11-6-4-10(8-15)5-7-11/h4-7,9H,1-3H3,(H,16,17)(H,18,19). The first-order valence-electron chi connectivity index (χ1n) is 5.83. The number of amides is 1. The first-order chi connectivity index (χ1) is 8.78. The number of nitriles is 1. The normalized spacial score (nSPS) is 12.3. The molecule has 19 heavy (non-hydrogen) atoms. The van der Waals surface area contributed by atoms with E-state index in [2.05, 4.69) is 5.32 Å². The Kier molecular flexibility index (Phi) is 4.28. The summed E-state index contributed by atoms with van der Waals surface area (Å²) in [6, 6.07) is 7.60. The van der Waals surface area contributed by atoms with E-state index < -0.39 is 17.4 Å². The van der Waals surface area contributed by atoms with Gasteiger partial charge in [-0.2, -0.15) is 5.26 Å². The molecule has 5 heteroatoms. The van der Waals surface area contributed by atoms with Gasteiger partial charge in [0, 0.05) is 11.6 Å². The summed E-state index contributed by atoms with van der Waals surface area (Å²) in [4.78, 5) is 23.0. The molecule has 0 aliphatic heterocycles. The quantitative estimate of drug-likeness (QED) is 0.863. The summed E-state index contributed by atoms with van der Waals surface area (Å²) >= 11 is 0. The lowest BCUT2D eigenvalue weighted by atomic mass is 9.85. The van der Waals surface area contributed by atoms with Crippen LogP contribution in [0.15, 0.2) is 24.3 Å². The number of rotatable bonds is 4. The zero-order valence-corrected chi connectivity index (χ0v) is 11.1. The molecule has 5 nitrogen and oxygen atoms in total. The Morgan fingerprint density at radius 2 is 1.84 bits per heavy atom. The molecule has 2 N–H and O–H groups in total. The van der Waals surface area contributed by atoms with Crippen LogP contribution >= 0.6 is 0 Å². The lowest BCUT2D eigenvalue weighted by molar-refractivity contribution is -0.148. The van der Waals surface area contributed by atoms with Crippen LogP contribution in [-0.4, -0.2) is 23.0 Å². The third-order valence-corrected chi connectivity index (χ3v) is 3.26. The molecule has 1 amide bonds. The smallest absolute Gasteiger partial charge is 0.311 e. The molecule has 100 valence electrons. The number of hydrogen-bond donors (Lipinski definition) is 2. The number of carbonyl (C=O) groups excluding carboxylic acids is 1. The average Bonchev–Trinajstić information content (AvgIpc) is 2.38. The van der Waals surface area contributed by atoms with Crippen LogP contribution in [0.3, 0.4) is 0 Å². The maximum Gasteiger partial charge on any atom is 0.311 e. The van der Waals surface area contributed by atoms with E-state index in [1.165, 1.54) is 12.1 Å². The fourth-order valence-electron chi connectivity index (χ4n) is 1.34. The Balaban J connectivity index is 2.80. The van der Waals surface area contributed by atoms with Crippen molar-refractivity contribution in [2.24, 2.45) is 5.41 Å². The summed E-state index contributed by atoms with van der Waals surface area (Å²) in [6.45, 7) is 4.76. The molecule has 0 saturated heterocycles. The number of benzene rings is 1. The van der Waals surface area contributed by atoms with Crippen LogP contribution < -0.4 is 5.32 Å². The van der Waals surface area contributed by atoms with E-state index in [1.54, 1.807) is 32.9 Å². The van der Waals surface area contributed by atoms with Crippen LogP contribution in [-0.2, 0) is 4.79 Å². The van der Waals surface area contributed by atoms with Gasteiger partial charge in [0.2, 0.25) is 0 Å². The summed E-state index contributed by atoms with van der Waals surface area (Å²) in [5.41, 5.74) is -0.190. The maximum atomic E-state index is 11.9. The highest BCUT2D eigenvalue weighted by molar-refractivity contribution is 5.94. The van der Waals surface area contributed by atoms with Crippen molar-refractivity contribution >= 4 is 11.9 Å². The van der Waals surface area contributed by atoms with Crippen molar-refractivity contribution in [3.63, 3.8) is 0 Å². The minimum atomic E-state index is -1.05. The second-order valence-electron chi connectivity index (χ2n) is 4.91. The fourth-order valence-corrected chi connectivity index (χ4v) is 1.34. The lowest BCUT2D eigenvalue weighted by Crippen LogP contribution is -2.47. The Morgan fingerprint density at radius 3 is 2.26 bits per heavy atom. The SMILES string of the molecule is CC(NC(=O)c1ccc(C#N)cc1)C(C)(C)C(=O)O. The number of hydrogen-bond acceptors (Lipinski definition) is 3. The van der Waals surface area contributed by atoms with Gasteiger partial charge >= 0.3 is 5.97 Å². The summed E-state index contributed by atoms with van der Waals surface area (Å²) in [6.07, 6.45) is 0. The van der Waals surface area contributed by atoms with Gasteiger partial charge < -0.3 is 10.4 Å². The molecule has 0 saturated carbocycles. The Hall–Kier alpha value is -2.35. The van der Waals surface area contributed by atoms with E-state index in [0.29, 0.717) is 11.1 Å². The van der Waals surface area contributed by atoms with Crippen LogP contribution in [0.1, 0.15) is 36.7 Å². The zero-order chi connectivity index (χ0) is 14.6. The van der Waals surface area contributed by atoms with E-state index in [4.69, 9.17) is 10.4 Å². The van der Waals surface area contributed by atoms with Crippen molar-refractivity contribution in [3.05, 3.63) is 35.4 Å². The van der Waals surface area contributed by atoms with Gasteiger partial charge in [-0.25, -0.2) is 0 Å². The molecular weight excluding hydrogens is 244 g/mol. The van der Waals surface area contributed by atoms with E-state index in [9.17, 15) is 9.59 Å². The van der Waals surface area contributed by atoms with E-state index in [0.717, 1.165) is 0 Å². The monoisotopic (exact) mass is 260 g/mol. The third-order valence-electron chi connectivity index (χ3n) is 3.26. The van der Waals surface area contributed by atoms with Crippen LogP contribution in [0.4, 0.5) is 0 Å². The Labute approximate surface area is 111 Å². The molecule has 0 aliphatic carbocycles. The minimum absolute atomic E-state index is 0.355. The third kappa shape index (κ3) is 3.32. The topological polar surface area (TPSA) is 90.2 Å². The van der Waals surface area contributed by atoms with E-state index >= 15 is 0 Å². The zero-order valence-electron chi connectivity index (χ0n) is 11.1. The van der Waals surface area contributed by atoms with Crippen molar-refractivity contribution in [3.8, 4) is 6.07 Å². The molecule has 0 aliphatic rings. The van der Waals surface area contributed by atoms with Gasteiger partial charge in [0.05, 0.1) is 17.0 Å². The van der Waals surface area contributed by atoms with Crippen LogP contribution in [0.2, 0.25) is 0 Å². The summed E-state index contributed by atoms with van der Waals surface area (Å²) in [5.74, 6) is -1.33.